The lowest BCUT2D eigenvalue weighted by atomic mass is 10.2. The van der Waals surface area contributed by atoms with Gasteiger partial charge in [0, 0.05) is 26.9 Å². The first kappa shape index (κ1) is 14.4. The predicted octanol–water partition coefficient (Wildman–Crippen LogP) is 0.312. The van der Waals surface area contributed by atoms with E-state index in [1.165, 1.54) is 20.4 Å². The third-order valence-corrected chi connectivity index (χ3v) is 2.40. The molecule has 18 heavy (non-hydrogen) atoms. The van der Waals surface area contributed by atoms with Gasteiger partial charge in [0.15, 0.2) is 0 Å². The maximum atomic E-state index is 11.4. The van der Waals surface area contributed by atoms with Gasteiger partial charge in [-0.2, -0.15) is 0 Å². The Morgan fingerprint density at radius 1 is 1.56 bits per heavy atom. The average Bonchev–Trinajstić information content (AvgIpc) is 2.38. The molecule has 0 bridgehead atoms. The van der Waals surface area contributed by atoms with E-state index >= 15 is 0 Å². The molecule has 1 N–H and O–H groups in total. The van der Waals surface area contributed by atoms with Crippen LogP contribution in [0.3, 0.4) is 0 Å². The minimum absolute atomic E-state index is 0.251. The summed E-state index contributed by atoms with van der Waals surface area (Å²) < 4.78 is 9.48. The molecule has 1 aromatic rings. The van der Waals surface area contributed by atoms with E-state index in [9.17, 15) is 9.90 Å². The van der Waals surface area contributed by atoms with Crippen molar-refractivity contribution in [2.24, 2.45) is 0 Å². The van der Waals surface area contributed by atoms with Gasteiger partial charge in [0.1, 0.15) is 5.82 Å². The van der Waals surface area contributed by atoms with Crippen LogP contribution in [0, 0.1) is 0 Å². The molecule has 0 amide bonds. The number of aliphatic hydroxyl groups excluding tert-OH is 1. The Morgan fingerprint density at radius 2 is 2.28 bits per heavy atom. The van der Waals surface area contributed by atoms with Gasteiger partial charge in [-0.1, -0.05) is 0 Å². The molecule has 1 heterocycles. The molecule has 0 aliphatic rings. The molecule has 0 spiro atoms. The van der Waals surface area contributed by atoms with Crippen molar-refractivity contribution in [2.75, 3.05) is 39.3 Å². The van der Waals surface area contributed by atoms with E-state index in [0.717, 1.165) is 0 Å². The smallest absolute Gasteiger partial charge is 0.338 e. The number of carbonyl (C=O) groups excluding carboxylic acids is 1. The van der Waals surface area contributed by atoms with Gasteiger partial charge < -0.3 is 19.5 Å². The molecule has 1 atom stereocenters. The number of esters is 1. The third-order valence-electron chi connectivity index (χ3n) is 2.40. The van der Waals surface area contributed by atoms with E-state index in [1.807, 2.05) is 0 Å². The highest BCUT2D eigenvalue weighted by molar-refractivity contribution is 5.90. The number of likely N-dealkylation sites (N-methyl/N-ethyl adjacent to an activating group) is 1. The Balaban J connectivity index is 2.73. The number of aromatic nitrogens is 1. The average molecular weight is 254 g/mol. The fraction of sp³-hybridized carbons (Fsp3) is 0.500. The molecule has 0 radical (unpaired) electrons. The summed E-state index contributed by atoms with van der Waals surface area (Å²) in [6.45, 7) is 0.618. The first-order chi connectivity index (χ1) is 8.58. The van der Waals surface area contributed by atoms with Crippen LogP contribution in [0.2, 0.25) is 0 Å². The molecule has 1 aromatic heterocycles. The van der Waals surface area contributed by atoms with Gasteiger partial charge in [-0.05, 0) is 12.1 Å². The Labute approximate surface area is 106 Å². The minimum atomic E-state index is -0.608. The van der Waals surface area contributed by atoms with Crippen LogP contribution in [-0.4, -0.2) is 56.6 Å². The van der Waals surface area contributed by atoms with Crippen LogP contribution in [0.25, 0.3) is 0 Å². The molecule has 1 unspecified atom stereocenters. The maximum absolute atomic E-state index is 11.4. The van der Waals surface area contributed by atoms with E-state index in [0.29, 0.717) is 17.9 Å². The normalized spacial score (nSPS) is 12.0. The summed E-state index contributed by atoms with van der Waals surface area (Å²) in [4.78, 5) is 17.3. The van der Waals surface area contributed by atoms with Gasteiger partial charge in [-0.15, -0.1) is 0 Å². The van der Waals surface area contributed by atoms with Crippen molar-refractivity contribution < 1.29 is 19.4 Å². The van der Waals surface area contributed by atoms with Crippen molar-refractivity contribution in [1.82, 2.24) is 4.98 Å². The molecule has 0 aliphatic heterocycles. The van der Waals surface area contributed by atoms with E-state index in [1.54, 1.807) is 24.1 Å². The van der Waals surface area contributed by atoms with E-state index in [4.69, 9.17) is 4.74 Å². The Bertz CT molecular complexity index is 397. The van der Waals surface area contributed by atoms with Crippen molar-refractivity contribution in [3.63, 3.8) is 0 Å². The summed E-state index contributed by atoms with van der Waals surface area (Å²) in [7, 11) is 4.64. The lowest BCUT2D eigenvalue weighted by Gasteiger charge is -2.21. The Hall–Kier alpha value is -1.66. The van der Waals surface area contributed by atoms with Gasteiger partial charge >= 0.3 is 5.97 Å². The lowest BCUT2D eigenvalue weighted by Crippen LogP contribution is -2.32. The number of aliphatic hydroxyl groups is 1. The molecule has 0 aromatic carbocycles. The molecule has 0 aliphatic carbocycles. The quantitative estimate of drug-likeness (QED) is 0.737. The lowest BCUT2D eigenvalue weighted by molar-refractivity contribution is 0.0600. The van der Waals surface area contributed by atoms with Crippen LogP contribution in [-0.2, 0) is 9.47 Å². The molecule has 100 valence electrons. The summed E-state index contributed by atoms with van der Waals surface area (Å²) in [6, 6.07) is 3.19. The molecule has 0 saturated carbocycles. The van der Waals surface area contributed by atoms with Crippen molar-refractivity contribution in [2.45, 2.75) is 6.10 Å². The SMILES string of the molecule is COCC(O)CN(C)c1cc(C(=O)OC)ccn1. The number of methoxy groups -OCH3 is 2. The maximum Gasteiger partial charge on any atom is 0.338 e. The third kappa shape index (κ3) is 3.97. The van der Waals surface area contributed by atoms with Crippen LogP contribution < -0.4 is 4.90 Å². The predicted molar refractivity (Wildman–Crippen MR) is 66.7 cm³/mol. The topological polar surface area (TPSA) is 71.9 Å². The molecular formula is C12H18N2O4. The summed E-state index contributed by atoms with van der Waals surface area (Å²) in [6.07, 6.45) is 0.921. The second-order valence-corrected chi connectivity index (χ2v) is 3.88. The highest BCUT2D eigenvalue weighted by atomic mass is 16.5. The number of rotatable bonds is 6. The van der Waals surface area contributed by atoms with Crippen LogP contribution in [0.5, 0.6) is 0 Å². The monoisotopic (exact) mass is 254 g/mol. The van der Waals surface area contributed by atoms with Crippen LogP contribution in [0.15, 0.2) is 18.3 Å². The fourth-order valence-electron chi connectivity index (χ4n) is 1.53. The summed E-state index contributed by atoms with van der Waals surface area (Å²) >= 11 is 0. The second kappa shape index (κ2) is 6.93. The Kier molecular flexibility index (Phi) is 5.54. The standard InChI is InChI=1S/C12H18N2O4/c1-14(7-10(15)8-17-2)11-6-9(4-5-13-11)12(16)18-3/h4-6,10,15H,7-8H2,1-3H3. The zero-order chi connectivity index (χ0) is 13.5. The van der Waals surface area contributed by atoms with E-state index in [2.05, 4.69) is 9.72 Å². The summed E-state index contributed by atoms with van der Waals surface area (Å²) in [5, 5.41) is 9.62. The number of nitrogens with zero attached hydrogens (tertiary/aromatic N) is 2. The van der Waals surface area contributed by atoms with E-state index < -0.39 is 12.1 Å². The Morgan fingerprint density at radius 3 is 2.89 bits per heavy atom. The van der Waals surface area contributed by atoms with E-state index in [-0.39, 0.29) is 6.61 Å². The number of hydrogen-bond donors (Lipinski definition) is 1. The van der Waals surface area contributed by atoms with Crippen LogP contribution in [0.1, 0.15) is 10.4 Å². The van der Waals surface area contributed by atoms with Crippen molar-refractivity contribution in [3.05, 3.63) is 23.9 Å². The van der Waals surface area contributed by atoms with Gasteiger partial charge in [-0.3, -0.25) is 0 Å². The second-order valence-electron chi connectivity index (χ2n) is 3.88. The summed E-state index contributed by atoms with van der Waals surface area (Å²) in [5.41, 5.74) is 0.426. The number of pyridine rings is 1. The highest BCUT2D eigenvalue weighted by Crippen LogP contribution is 2.12. The highest BCUT2D eigenvalue weighted by Gasteiger charge is 2.12. The van der Waals surface area contributed by atoms with Crippen LogP contribution >= 0.6 is 0 Å². The zero-order valence-electron chi connectivity index (χ0n) is 10.8. The van der Waals surface area contributed by atoms with Crippen molar-refractivity contribution in [1.29, 1.82) is 0 Å². The molecule has 6 nitrogen and oxygen atoms in total. The number of hydrogen-bond acceptors (Lipinski definition) is 6. The molecular weight excluding hydrogens is 236 g/mol. The minimum Gasteiger partial charge on any atom is -0.465 e. The van der Waals surface area contributed by atoms with Gasteiger partial charge in [0.25, 0.3) is 0 Å². The summed E-state index contributed by atoms with van der Waals surface area (Å²) in [5.74, 6) is 0.178. The first-order valence-corrected chi connectivity index (χ1v) is 5.51. The van der Waals surface area contributed by atoms with Crippen molar-refractivity contribution in [3.8, 4) is 0 Å². The van der Waals surface area contributed by atoms with Crippen molar-refractivity contribution >= 4 is 11.8 Å². The van der Waals surface area contributed by atoms with Crippen LogP contribution in [0.4, 0.5) is 5.82 Å². The van der Waals surface area contributed by atoms with Gasteiger partial charge in [-0.25, -0.2) is 9.78 Å². The fourth-order valence-corrected chi connectivity index (χ4v) is 1.53. The van der Waals surface area contributed by atoms with Gasteiger partial charge in [0.05, 0.1) is 25.4 Å². The zero-order valence-corrected chi connectivity index (χ0v) is 10.8. The number of carbonyl (C=O) groups is 1. The van der Waals surface area contributed by atoms with Gasteiger partial charge in [0.2, 0.25) is 0 Å². The first-order valence-electron chi connectivity index (χ1n) is 5.51. The molecule has 0 saturated heterocycles. The molecule has 6 heteroatoms. The number of ether oxygens (including phenoxy) is 2. The number of anilines is 1. The largest absolute Gasteiger partial charge is 0.465 e. The molecule has 0 fully saturated rings. The molecule has 1 rings (SSSR count).